The number of halogens is 3. The molecule has 0 fully saturated rings. The van der Waals surface area contributed by atoms with E-state index in [1.54, 1.807) is 60.9 Å². The largest absolute Gasteiger partial charge is 0.325 e. The topological polar surface area (TPSA) is 94.0 Å². The average molecular weight is 592 g/mol. The number of fused-ring (bicyclic) bond motifs is 1. The third kappa shape index (κ3) is 5.36. The number of Topliss-reactive ketones (excluding diaryl/α,β-unsaturated/α-hetero) is 1. The lowest BCUT2D eigenvalue weighted by Gasteiger charge is -2.20. The zero-order valence-electron chi connectivity index (χ0n) is 21.3. The highest BCUT2D eigenvalue weighted by molar-refractivity contribution is 6.36. The molecule has 10 heteroatoms. The number of pyridine rings is 3. The fourth-order valence-electron chi connectivity index (χ4n) is 4.55. The maximum atomic E-state index is 13.9. The van der Waals surface area contributed by atoms with E-state index in [4.69, 9.17) is 39.8 Å². The summed E-state index contributed by atoms with van der Waals surface area (Å²) in [7, 11) is 0. The highest BCUT2D eigenvalue weighted by Gasteiger charge is 2.25. The second-order valence-electron chi connectivity index (χ2n) is 9.12. The van der Waals surface area contributed by atoms with Crippen molar-refractivity contribution in [2.24, 2.45) is 0 Å². The first-order valence-electron chi connectivity index (χ1n) is 12.1. The normalized spacial score (nSPS) is 11.0. The second kappa shape index (κ2) is 11.2. The molecule has 0 saturated heterocycles. The summed E-state index contributed by atoms with van der Waals surface area (Å²) >= 11 is 19.0. The number of carbonyl (C=O) groups is 2. The minimum atomic E-state index is -0.583. The molecule has 3 aromatic heterocycles. The van der Waals surface area contributed by atoms with Crippen molar-refractivity contribution < 1.29 is 9.59 Å². The first-order valence-corrected chi connectivity index (χ1v) is 13.3. The van der Waals surface area contributed by atoms with E-state index in [2.05, 4.69) is 10.3 Å². The Labute approximate surface area is 244 Å². The first-order chi connectivity index (χ1) is 19.1. The van der Waals surface area contributed by atoms with Crippen LogP contribution in [0.15, 0.2) is 77.9 Å². The summed E-state index contributed by atoms with van der Waals surface area (Å²) in [6.45, 7) is 2.72. The molecule has 40 heavy (non-hydrogen) atoms. The number of carbonyl (C=O) groups excluding carboxylic acids is 2. The molecule has 1 N–H and O–H groups in total. The second-order valence-corrected chi connectivity index (χ2v) is 10.4. The zero-order chi connectivity index (χ0) is 28.6. The third-order valence-corrected chi connectivity index (χ3v) is 7.12. The summed E-state index contributed by atoms with van der Waals surface area (Å²) in [4.78, 5) is 48.0. The van der Waals surface area contributed by atoms with Crippen LogP contribution in [0.25, 0.3) is 33.4 Å². The van der Waals surface area contributed by atoms with Gasteiger partial charge in [-0.1, -0.05) is 46.9 Å². The molecule has 0 atom stereocenters. The van der Waals surface area contributed by atoms with Crippen molar-refractivity contribution in [2.75, 3.05) is 5.32 Å². The maximum Gasteiger partial charge on any atom is 0.265 e. The predicted octanol–water partition coefficient (Wildman–Crippen LogP) is 7.30. The van der Waals surface area contributed by atoms with Crippen LogP contribution in [0.1, 0.15) is 29.8 Å². The first kappa shape index (κ1) is 27.5. The van der Waals surface area contributed by atoms with E-state index < -0.39 is 17.2 Å². The Bertz CT molecular complexity index is 1850. The Morgan fingerprint density at radius 3 is 2.17 bits per heavy atom. The van der Waals surface area contributed by atoms with Crippen LogP contribution in [0.4, 0.5) is 5.69 Å². The summed E-state index contributed by atoms with van der Waals surface area (Å²) in [5, 5.41) is 4.48. The third-order valence-electron chi connectivity index (χ3n) is 6.32. The van der Waals surface area contributed by atoms with E-state index in [9.17, 15) is 14.4 Å². The molecule has 5 aromatic rings. The van der Waals surface area contributed by atoms with E-state index in [0.29, 0.717) is 37.3 Å². The van der Waals surface area contributed by atoms with Gasteiger partial charge >= 0.3 is 0 Å². The maximum absolute atomic E-state index is 13.9. The SMILES string of the molecule is CC(=O)Nc1c(C(C)=O)c(=O)n(Cc2ccncc2)c2nc(-c3ccc(Cl)cc3Cl)c(-c3ccc(Cl)cc3)cc12. The molecule has 0 spiro atoms. The molecule has 0 aliphatic carbocycles. The average Bonchev–Trinajstić information content (AvgIpc) is 2.91. The Balaban J connectivity index is 1.96. The van der Waals surface area contributed by atoms with Crippen LogP contribution in [-0.2, 0) is 11.3 Å². The minimum Gasteiger partial charge on any atom is -0.325 e. The molecule has 2 aromatic carbocycles. The monoisotopic (exact) mass is 590 g/mol. The van der Waals surface area contributed by atoms with Crippen LogP contribution < -0.4 is 10.9 Å². The number of rotatable bonds is 6. The van der Waals surface area contributed by atoms with Gasteiger partial charge in [-0.2, -0.15) is 0 Å². The highest BCUT2D eigenvalue weighted by atomic mass is 35.5. The van der Waals surface area contributed by atoms with Crippen LogP contribution in [0.2, 0.25) is 15.1 Å². The lowest BCUT2D eigenvalue weighted by atomic mass is 9.96. The summed E-state index contributed by atoms with van der Waals surface area (Å²) in [5.41, 5.74) is 2.86. The molecular weight excluding hydrogens is 571 g/mol. The van der Waals surface area contributed by atoms with Crippen LogP contribution in [0, 0.1) is 0 Å². The molecule has 0 unspecified atom stereocenters. The van der Waals surface area contributed by atoms with Crippen LogP contribution in [0.3, 0.4) is 0 Å². The smallest absolute Gasteiger partial charge is 0.265 e. The van der Waals surface area contributed by atoms with Gasteiger partial charge in [-0.15, -0.1) is 0 Å². The Morgan fingerprint density at radius 2 is 1.55 bits per heavy atom. The number of ketones is 1. The van der Waals surface area contributed by atoms with Crippen molar-refractivity contribution in [3.8, 4) is 22.4 Å². The van der Waals surface area contributed by atoms with E-state index in [-0.39, 0.29) is 23.4 Å². The number of hydrogen-bond donors (Lipinski definition) is 1. The number of hydrogen-bond acceptors (Lipinski definition) is 5. The van der Waals surface area contributed by atoms with Crippen molar-refractivity contribution in [2.45, 2.75) is 20.4 Å². The Morgan fingerprint density at radius 1 is 0.875 bits per heavy atom. The lowest BCUT2D eigenvalue weighted by Crippen LogP contribution is -2.29. The Hall–Kier alpha value is -4.04. The van der Waals surface area contributed by atoms with E-state index in [0.717, 1.165) is 11.1 Å². The molecule has 1 amide bonds. The zero-order valence-corrected chi connectivity index (χ0v) is 23.6. The molecule has 7 nitrogen and oxygen atoms in total. The minimum absolute atomic E-state index is 0.0995. The number of aromatic nitrogens is 3. The van der Waals surface area contributed by atoms with Gasteiger partial charge in [0, 0.05) is 45.9 Å². The molecule has 3 heterocycles. The van der Waals surface area contributed by atoms with Gasteiger partial charge in [0.25, 0.3) is 5.56 Å². The van der Waals surface area contributed by atoms with Crippen molar-refractivity contribution >= 4 is 63.2 Å². The van der Waals surface area contributed by atoms with Gasteiger partial charge in [-0.3, -0.25) is 23.9 Å². The van der Waals surface area contributed by atoms with E-state index in [1.165, 1.54) is 18.4 Å². The highest BCUT2D eigenvalue weighted by Crippen LogP contribution is 2.39. The van der Waals surface area contributed by atoms with E-state index in [1.807, 2.05) is 12.1 Å². The number of amides is 1. The van der Waals surface area contributed by atoms with Gasteiger partial charge in [0.1, 0.15) is 11.2 Å². The van der Waals surface area contributed by atoms with Crippen molar-refractivity contribution in [1.29, 1.82) is 0 Å². The van der Waals surface area contributed by atoms with Crippen molar-refractivity contribution in [3.05, 3.63) is 110 Å². The lowest BCUT2D eigenvalue weighted by molar-refractivity contribution is -0.114. The van der Waals surface area contributed by atoms with Gasteiger partial charge in [0.15, 0.2) is 5.78 Å². The van der Waals surface area contributed by atoms with Crippen LogP contribution in [0.5, 0.6) is 0 Å². The fourth-order valence-corrected chi connectivity index (χ4v) is 5.18. The predicted molar refractivity (Wildman–Crippen MR) is 160 cm³/mol. The number of benzene rings is 2. The van der Waals surface area contributed by atoms with Crippen LogP contribution >= 0.6 is 34.8 Å². The van der Waals surface area contributed by atoms with Crippen molar-refractivity contribution in [3.63, 3.8) is 0 Å². The Kier molecular flexibility index (Phi) is 7.72. The number of nitrogens with one attached hydrogen (secondary N) is 1. The van der Waals surface area contributed by atoms with E-state index >= 15 is 0 Å². The van der Waals surface area contributed by atoms with Crippen molar-refractivity contribution in [1.82, 2.24) is 14.5 Å². The molecule has 0 aliphatic rings. The van der Waals surface area contributed by atoms with Gasteiger partial charge < -0.3 is 5.32 Å². The summed E-state index contributed by atoms with van der Waals surface area (Å²) in [6.07, 6.45) is 3.23. The summed E-state index contributed by atoms with van der Waals surface area (Å²) < 4.78 is 1.42. The summed E-state index contributed by atoms with van der Waals surface area (Å²) in [5.74, 6) is -0.926. The standard InChI is InChI=1S/C30H21Cl3N4O3/c1-16(38)26-28(35-17(2)39)24-14-23(19-3-5-20(31)6-4-19)27(22-8-7-21(32)13-25(22)33)36-29(24)37(30(26)40)15-18-9-11-34-12-10-18/h3-14H,15H2,1-2H3,(H,35,39). The molecule has 0 aliphatic heterocycles. The fraction of sp³-hybridized carbons (Fsp3) is 0.100. The molecule has 0 radical (unpaired) electrons. The van der Waals surface area contributed by atoms with Gasteiger partial charge in [-0.05, 0) is 66.6 Å². The quantitative estimate of drug-likeness (QED) is 0.209. The van der Waals surface area contributed by atoms with Gasteiger partial charge in [0.2, 0.25) is 5.91 Å². The molecular formula is C30H21Cl3N4O3. The van der Waals surface area contributed by atoms with Gasteiger partial charge in [0.05, 0.1) is 22.9 Å². The molecule has 5 rings (SSSR count). The van der Waals surface area contributed by atoms with Crippen LogP contribution in [-0.4, -0.2) is 26.2 Å². The van der Waals surface area contributed by atoms with Gasteiger partial charge in [-0.25, -0.2) is 4.98 Å². The number of anilines is 1. The molecule has 0 bridgehead atoms. The number of nitrogens with zero attached hydrogens (tertiary/aromatic N) is 3. The molecule has 200 valence electrons. The molecule has 0 saturated carbocycles. The summed E-state index contributed by atoms with van der Waals surface area (Å²) in [6, 6.07) is 17.6.